The predicted molar refractivity (Wildman–Crippen MR) is 112 cm³/mol. The molecule has 1 amide bonds. The molecular formula is C23H24FN3O4. The van der Waals surface area contributed by atoms with Crippen LogP contribution in [0, 0.1) is 5.82 Å². The van der Waals surface area contributed by atoms with Crippen LogP contribution in [0.25, 0.3) is 11.3 Å². The molecule has 31 heavy (non-hydrogen) atoms. The number of carbonyl (C=O) groups is 1. The van der Waals surface area contributed by atoms with Gasteiger partial charge in [0.15, 0.2) is 12.2 Å². The monoisotopic (exact) mass is 425 g/mol. The van der Waals surface area contributed by atoms with Crippen LogP contribution in [0.5, 0.6) is 0 Å². The lowest BCUT2D eigenvalue weighted by atomic mass is 10.00. The van der Waals surface area contributed by atoms with E-state index < -0.39 is 12.2 Å². The van der Waals surface area contributed by atoms with E-state index in [-0.39, 0.29) is 24.5 Å². The van der Waals surface area contributed by atoms with E-state index in [1.807, 2.05) is 24.3 Å². The summed E-state index contributed by atoms with van der Waals surface area (Å²) in [7, 11) is 1.60. The SMILES string of the molecule is CO[C@H]1CN[C@H](Cc2ccc(-c3cnco3)cc2)[C@@H]1OC(=O)NCc1cccc(F)c1. The number of aromatic nitrogens is 1. The van der Waals surface area contributed by atoms with E-state index in [0.717, 1.165) is 11.1 Å². The Morgan fingerprint density at radius 3 is 2.81 bits per heavy atom. The van der Waals surface area contributed by atoms with Gasteiger partial charge >= 0.3 is 6.09 Å². The summed E-state index contributed by atoms with van der Waals surface area (Å²) in [6.07, 6.45) is 2.47. The lowest BCUT2D eigenvalue weighted by Crippen LogP contribution is -2.42. The molecule has 0 bridgehead atoms. The van der Waals surface area contributed by atoms with Gasteiger partial charge in [0, 0.05) is 25.8 Å². The van der Waals surface area contributed by atoms with Gasteiger partial charge in [-0.15, -0.1) is 0 Å². The van der Waals surface area contributed by atoms with Crippen molar-refractivity contribution >= 4 is 6.09 Å². The minimum absolute atomic E-state index is 0.0963. The van der Waals surface area contributed by atoms with Crippen LogP contribution in [0.4, 0.5) is 9.18 Å². The van der Waals surface area contributed by atoms with E-state index in [1.165, 1.54) is 18.5 Å². The lowest BCUT2D eigenvalue weighted by Gasteiger charge is -2.24. The summed E-state index contributed by atoms with van der Waals surface area (Å²) >= 11 is 0. The Morgan fingerprint density at radius 2 is 2.10 bits per heavy atom. The second-order valence-electron chi connectivity index (χ2n) is 7.41. The van der Waals surface area contributed by atoms with Crippen molar-refractivity contribution in [3.05, 3.63) is 78.1 Å². The number of benzene rings is 2. The fourth-order valence-electron chi connectivity index (χ4n) is 3.73. The topological polar surface area (TPSA) is 85.6 Å². The maximum absolute atomic E-state index is 13.3. The van der Waals surface area contributed by atoms with Gasteiger partial charge in [0.2, 0.25) is 0 Å². The first-order valence-electron chi connectivity index (χ1n) is 10.1. The van der Waals surface area contributed by atoms with Gasteiger partial charge in [0.25, 0.3) is 0 Å². The van der Waals surface area contributed by atoms with Crippen molar-refractivity contribution in [3.63, 3.8) is 0 Å². The van der Waals surface area contributed by atoms with E-state index in [4.69, 9.17) is 13.9 Å². The summed E-state index contributed by atoms with van der Waals surface area (Å²) in [6, 6.07) is 14.0. The number of hydrogen-bond acceptors (Lipinski definition) is 6. The Bertz CT molecular complexity index is 994. The van der Waals surface area contributed by atoms with Gasteiger partial charge in [-0.05, 0) is 29.7 Å². The molecule has 0 radical (unpaired) electrons. The van der Waals surface area contributed by atoms with Crippen molar-refractivity contribution in [2.75, 3.05) is 13.7 Å². The molecular weight excluding hydrogens is 401 g/mol. The molecule has 0 aliphatic carbocycles. The van der Waals surface area contributed by atoms with E-state index in [9.17, 15) is 9.18 Å². The Kier molecular flexibility index (Phi) is 6.59. The van der Waals surface area contributed by atoms with Gasteiger partial charge in [-0.25, -0.2) is 14.2 Å². The first kappa shape index (κ1) is 21.0. The molecule has 0 unspecified atom stereocenters. The zero-order chi connectivity index (χ0) is 21.6. The number of amides is 1. The molecule has 0 spiro atoms. The Morgan fingerprint density at radius 1 is 1.26 bits per heavy atom. The van der Waals surface area contributed by atoms with Crippen LogP contribution >= 0.6 is 0 Å². The second-order valence-corrected chi connectivity index (χ2v) is 7.41. The molecule has 4 rings (SSSR count). The summed E-state index contributed by atoms with van der Waals surface area (Å²) in [5.74, 6) is 0.364. The zero-order valence-corrected chi connectivity index (χ0v) is 17.1. The molecule has 3 atom stereocenters. The average molecular weight is 425 g/mol. The highest BCUT2D eigenvalue weighted by Crippen LogP contribution is 2.22. The van der Waals surface area contributed by atoms with Crippen LogP contribution in [0.2, 0.25) is 0 Å². The molecule has 1 aromatic heterocycles. The van der Waals surface area contributed by atoms with Crippen molar-refractivity contribution < 1.29 is 23.1 Å². The Labute approximate surface area is 179 Å². The van der Waals surface area contributed by atoms with Crippen molar-refractivity contribution in [2.45, 2.75) is 31.2 Å². The summed E-state index contributed by atoms with van der Waals surface area (Å²) in [5, 5.41) is 6.05. The zero-order valence-electron chi connectivity index (χ0n) is 17.1. The number of nitrogens with one attached hydrogen (secondary N) is 2. The highest BCUT2D eigenvalue weighted by molar-refractivity contribution is 5.67. The van der Waals surface area contributed by atoms with Crippen molar-refractivity contribution in [1.82, 2.24) is 15.6 Å². The number of alkyl carbamates (subject to hydrolysis) is 1. The number of nitrogens with zero attached hydrogens (tertiary/aromatic N) is 1. The van der Waals surface area contributed by atoms with Gasteiger partial charge in [-0.1, -0.05) is 36.4 Å². The Hall–Kier alpha value is -3.23. The van der Waals surface area contributed by atoms with E-state index in [1.54, 1.807) is 25.4 Å². The van der Waals surface area contributed by atoms with E-state index in [2.05, 4.69) is 15.6 Å². The number of oxazole rings is 1. The van der Waals surface area contributed by atoms with Gasteiger partial charge in [-0.3, -0.25) is 0 Å². The second kappa shape index (κ2) is 9.72. The van der Waals surface area contributed by atoms with Crippen LogP contribution in [0.1, 0.15) is 11.1 Å². The highest BCUT2D eigenvalue weighted by atomic mass is 19.1. The largest absolute Gasteiger partial charge is 0.444 e. The highest BCUT2D eigenvalue weighted by Gasteiger charge is 2.39. The van der Waals surface area contributed by atoms with Crippen LogP contribution in [-0.2, 0) is 22.4 Å². The third-order valence-electron chi connectivity index (χ3n) is 5.34. The number of hydrogen-bond donors (Lipinski definition) is 2. The third kappa shape index (κ3) is 5.28. The molecule has 1 fully saturated rings. The van der Waals surface area contributed by atoms with Gasteiger partial charge in [0.1, 0.15) is 18.0 Å². The number of ether oxygens (including phenoxy) is 2. The number of methoxy groups -OCH3 is 1. The summed E-state index contributed by atoms with van der Waals surface area (Å²) in [6.45, 7) is 0.765. The number of rotatable bonds is 7. The number of halogens is 1. The molecule has 2 N–H and O–H groups in total. The molecule has 2 aromatic carbocycles. The van der Waals surface area contributed by atoms with Crippen molar-refractivity contribution in [1.29, 1.82) is 0 Å². The van der Waals surface area contributed by atoms with Gasteiger partial charge < -0.3 is 24.5 Å². The fourth-order valence-corrected chi connectivity index (χ4v) is 3.73. The van der Waals surface area contributed by atoms with Crippen LogP contribution in [0.15, 0.2) is 65.5 Å². The third-order valence-corrected chi connectivity index (χ3v) is 5.34. The van der Waals surface area contributed by atoms with Crippen LogP contribution in [0.3, 0.4) is 0 Å². The van der Waals surface area contributed by atoms with Crippen molar-refractivity contribution in [2.24, 2.45) is 0 Å². The normalized spacial score (nSPS) is 20.5. The standard InChI is InChI=1S/C23H24FN3O4/c1-29-21-13-26-19(10-15-5-7-17(8-6-15)20-12-25-14-30-20)22(21)31-23(28)27-11-16-3-2-4-18(24)9-16/h2-9,12,14,19,21-22,26H,10-11,13H2,1H3,(H,27,28)/t19-,21+,22+/m1/s1. The smallest absolute Gasteiger partial charge is 0.407 e. The molecule has 2 heterocycles. The van der Waals surface area contributed by atoms with E-state index >= 15 is 0 Å². The summed E-state index contributed by atoms with van der Waals surface area (Å²) < 4.78 is 29.8. The fraction of sp³-hybridized carbons (Fsp3) is 0.304. The molecule has 1 aliphatic heterocycles. The van der Waals surface area contributed by atoms with Crippen molar-refractivity contribution in [3.8, 4) is 11.3 Å². The van der Waals surface area contributed by atoms with Gasteiger partial charge in [-0.2, -0.15) is 0 Å². The minimum atomic E-state index is -0.564. The first-order valence-corrected chi connectivity index (χ1v) is 10.1. The molecule has 0 saturated carbocycles. The van der Waals surface area contributed by atoms with E-state index in [0.29, 0.717) is 24.3 Å². The molecule has 1 saturated heterocycles. The molecule has 3 aromatic rings. The average Bonchev–Trinajstić information content (AvgIpc) is 3.44. The Balaban J connectivity index is 1.36. The molecule has 7 nitrogen and oxygen atoms in total. The summed E-state index contributed by atoms with van der Waals surface area (Å²) in [5.41, 5.74) is 2.69. The maximum Gasteiger partial charge on any atom is 0.407 e. The molecule has 8 heteroatoms. The number of carbonyl (C=O) groups excluding carboxylic acids is 1. The summed E-state index contributed by atoms with van der Waals surface area (Å²) in [4.78, 5) is 16.3. The first-order chi connectivity index (χ1) is 15.1. The quantitative estimate of drug-likeness (QED) is 0.604. The lowest BCUT2D eigenvalue weighted by molar-refractivity contribution is -0.00445. The van der Waals surface area contributed by atoms with Crippen LogP contribution in [-0.4, -0.2) is 43.0 Å². The molecule has 162 valence electrons. The van der Waals surface area contributed by atoms with Gasteiger partial charge in [0.05, 0.1) is 12.2 Å². The van der Waals surface area contributed by atoms with Crippen LogP contribution < -0.4 is 10.6 Å². The molecule has 1 aliphatic rings. The predicted octanol–water partition coefficient (Wildman–Crippen LogP) is 3.31. The minimum Gasteiger partial charge on any atom is -0.444 e. The maximum atomic E-state index is 13.3.